The lowest BCUT2D eigenvalue weighted by atomic mass is 9.95. The molecule has 7 nitrogen and oxygen atoms in total. The Balaban J connectivity index is 1.60. The first-order valence-electron chi connectivity index (χ1n) is 12.0. The van der Waals surface area contributed by atoms with Crippen LogP contribution in [0, 0.1) is 17.2 Å². The molecule has 0 spiro atoms. The van der Waals surface area contributed by atoms with Crippen molar-refractivity contribution in [1.29, 1.82) is 5.26 Å². The van der Waals surface area contributed by atoms with E-state index in [1.165, 1.54) is 12.6 Å². The number of hydrogen-bond donors (Lipinski definition) is 1. The molecule has 1 N–H and O–H groups in total. The van der Waals surface area contributed by atoms with Crippen LogP contribution in [0.15, 0.2) is 41.4 Å². The van der Waals surface area contributed by atoms with Crippen molar-refractivity contribution in [2.45, 2.75) is 68.8 Å². The van der Waals surface area contributed by atoms with Gasteiger partial charge in [0.15, 0.2) is 0 Å². The molecule has 0 saturated heterocycles. The maximum atomic E-state index is 12.8. The summed E-state index contributed by atoms with van der Waals surface area (Å²) >= 11 is 0. The molecule has 2 heterocycles. The van der Waals surface area contributed by atoms with Gasteiger partial charge >= 0.3 is 0 Å². The first kappa shape index (κ1) is 22.9. The number of pyridine rings is 1. The van der Waals surface area contributed by atoms with Crippen molar-refractivity contribution < 1.29 is 13.2 Å². The van der Waals surface area contributed by atoms with E-state index in [4.69, 9.17) is 4.74 Å². The molecule has 34 heavy (non-hydrogen) atoms. The van der Waals surface area contributed by atoms with Crippen molar-refractivity contribution in [3.63, 3.8) is 0 Å². The molecule has 2 fully saturated rings. The molecule has 0 radical (unpaired) electrons. The molecule has 2 aliphatic carbocycles. The zero-order valence-electron chi connectivity index (χ0n) is 19.6. The summed E-state index contributed by atoms with van der Waals surface area (Å²) in [6, 6.07) is 11.7. The van der Waals surface area contributed by atoms with Crippen LogP contribution >= 0.6 is 0 Å². The Morgan fingerprint density at radius 1 is 1.15 bits per heavy atom. The molecule has 178 valence electrons. The predicted molar refractivity (Wildman–Crippen MR) is 131 cm³/mol. The van der Waals surface area contributed by atoms with Crippen LogP contribution in [-0.2, 0) is 10.0 Å². The molecular formula is C26H30N4O3S. The highest BCUT2D eigenvalue weighted by Crippen LogP contribution is 2.41. The van der Waals surface area contributed by atoms with Crippen molar-refractivity contribution in [3.8, 4) is 23.2 Å². The van der Waals surface area contributed by atoms with E-state index in [1.807, 2.05) is 25.1 Å². The van der Waals surface area contributed by atoms with Crippen molar-refractivity contribution in [2.24, 2.45) is 5.92 Å². The summed E-state index contributed by atoms with van der Waals surface area (Å²) in [4.78, 5) is 4.71. The fourth-order valence-corrected chi connectivity index (χ4v) is 6.44. The van der Waals surface area contributed by atoms with Gasteiger partial charge in [-0.2, -0.15) is 5.26 Å². The van der Waals surface area contributed by atoms with Crippen molar-refractivity contribution in [2.75, 3.05) is 7.11 Å². The highest BCUT2D eigenvalue weighted by atomic mass is 32.2. The second kappa shape index (κ2) is 9.05. The van der Waals surface area contributed by atoms with Gasteiger partial charge in [-0.3, -0.25) is 4.98 Å². The van der Waals surface area contributed by atoms with Gasteiger partial charge in [0.25, 0.3) is 0 Å². The Kier molecular flexibility index (Phi) is 6.09. The van der Waals surface area contributed by atoms with Gasteiger partial charge < -0.3 is 9.30 Å². The molecule has 0 unspecified atom stereocenters. The van der Waals surface area contributed by atoms with E-state index in [0.29, 0.717) is 17.2 Å². The molecule has 1 aromatic carbocycles. The largest absolute Gasteiger partial charge is 0.497 e. The minimum atomic E-state index is -3.64. The predicted octanol–water partition coefficient (Wildman–Crippen LogP) is 5.17. The number of nitrogens with one attached hydrogen (secondary N) is 1. The van der Waals surface area contributed by atoms with Gasteiger partial charge in [-0.1, -0.05) is 19.3 Å². The van der Waals surface area contributed by atoms with Gasteiger partial charge in [0.1, 0.15) is 16.7 Å². The lowest BCUT2D eigenvalue weighted by Crippen LogP contribution is -2.34. The summed E-state index contributed by atoms with van der Waals surface area (Å²) in [5, 5.41) is 11.0. The summed E-state index contributed by atoms with van der Waals surface area (Å²) in [5.41, 5.74) is 2.87. The maximum absolute atomic E-state index is 12.8. The molecule has 0 amide bonds. The Hall–Kier alpha value is -2.89. The second-order valence-corrected chi connectivity index (χ2v) is 11.2. The Morgan fingerprint density at radius 2 is 1.91 bits per heavy atom. The molecule has 2 aromatic heterocycles. The molecule has 0 aliphatic heterocycles. The fourth-order valence-electron chi connectivity index (χ4n) is 5.19. The fraction of sp³-hybridized carbons (Fsp3) is 0.462. The van der Waals surface area contributed by atoms with Crippen LogP contribution in [0.2, 0.25) is 0 Å². The Morgan fingerprint density at radius 3 is 2.53 bits per heavy atom. The minimum absolute atomic E-state index is 0.0846. The molecule has 2 saturated carbocycles. The van der Waals surface area contributed by atoms with E-state index in [2.05, 4.69) is 20.3 Å². The number of sulfonamides is 1. The summed E-state index contributed by atoms with van der Waals surface area (Å²) < 4.78 is 36.2. The molecule has 5 rings (SSSR count). The zero-order valence-corrected chi connectivity index (χ0v) is 20.4. The second-order valence-electron chi connectivity index (χ2n) is 9.51. The number of hydrogen-bond acceptors (Lipinski definition) is 5. The molecule has 2 aliphatic rings. The average molecular weight is 479 g/mol. The highest BCUT2D eigenvalue weighted by Gasteiger charge is 2.32. The van der Waals surface area contributed by atoms with E-state index in [-0.39, 0.29) is 17.0 Å². The third-order valence-corrected chi connectivity index (χ3v) is 8.77. The standard InChI is InChI=1S/C26H30N4O3S/c1-17(18-8-9-18)29-34(31,32)21-11-13-24(28-16-21)26-23(15-27)22-12-10-20(33-2)14-25(22)30(26)19-6-4-3-5-7-19/h10-14,16-19,29H,3-9H2,1-2H3/t17-/m0/s1. The van der Waals surface area contributed by atoms with Crippen LogP contribution in [0.5, 0.6) is 5.75 Å². The third kappa shape index (κ3) is 4.19. The average Bonchev–Trinajstić information content (AvgIpc) is 3.66. The number of benzene rings is 1. The van der Waals surface area contributed by atoms with Crippen LogP contribution in [-0.4, -0.2) is 31.1 Å². The Labute approximate surface area is 200 Å². The summed E-state index contributed by atoms with van der Waals surface area (Å²) in [5.74, 6) is 1.16. The molecule has 8 heteroatoms. The van der Waals surface area contributed by atoms with Gasteiger partial charge in [0.05, 0.1) is 29.6 Å². The van der Waals surface area contributed by atoms with Crippen LogP contribution in [0.4, 0.5) is 0 Å². The van der Waals surface area contributed by atoms with Gasteiger partial charge in [0.2, 0.25) is 10.0 Å². The summed E-state index contributed by atoms with van der Waals surface area (Å²) in [6.07, 6.45) is 9.11. The number of rotatable bonds is 7. The minimum Gasteiger partial charge on any atom is -0.497 e. The molecule has 0 bridgehead atoms. The lowest BCUT2D eigenvalue weighted by molar-refractivity contribution is 0.362. The molecule has 3 aromatic rings. The molecule has 1 atom stereocenters. The Bertz CT molecular complexity index is 1350. The van der Waals surface area contributed by atoms with Crippen molar-refractivity contribution >= 4 is 20.9 Å². The van der Waals surface area contributed by atoms with Crippen LogP contribution in [0.1, 0.15) is 63.5 Å². The SMILES string of the molecule is COc1ccc2c(C#N)c(-c3ccc(S(=O)(=O)N[C@@H](C)C4CC4)cn3)n(C3CCCCC3)c2c1. The van der Waals surface area contributed by atoms with Gasteiger partial charge in [0, 0.05) is 29.7 Å². The number of methoxy groups -OCH3 is 1. The smallest absolute Gasteiger partial charge is 0.242 e. The van der Waals surface area contributed by atoms with Crippen LogP contribution < -0.4 is 9.46 Å². The topological polar surface area (TPSA) is 97.0 Å². The summed E-state index contributed by atoms with van der Waals surface area (Å²) in [7, 11) is -2.01. The van der Waals surface area contributed by atoms with E-state index < -0.39 is 10.0 Å². The van der Waals surface area contributed by atoms with Crippen molar-refractivity contribution in [1.82, 2.24) is 14.3 Å². The van der Waals surface area contributed by atoms with E-state index in [1.54, 1.807) is 19.2 Å². The van der Waals surface area contributed by atoms with E-state index in [0.717, 1.165) is 60.9 Å². The van der Waals surface area contributed by atoms with E-state index >= 15 is 0 Å². The quantitative estimate of drug-likeness (QED) is 0.506. The number of ether oxygens (including phenoxy) is 1. The number of fused-ring (bicyclic) bond motifs is 1. The van der Waals surface area contributed by atoms with Crippen molar-refractivity contribution in [3.05, 3.63) is 42.1 Å². The third-order valence-electron chi connectivity index (χ3n) is 7.22. The number of nitriles is 1. The number of nitrogens with zero attached hydrogens (tertiary/aromatic N) is 3. The lowest BCUT2D eigenvalue weighted by Gasteiger charge is -2.26. The zero-order chi connectivity index (χ0) is 23.9. The first-order valence-corrected chi connectivity index (χ1v) is 13.5. The molecular weight excluding hydrogens is 448 g/mol. The van der Waals surface area contributed by atoms with Crippen LogP contribution in [0.3, 0.4) is 0 Å². The van der Waals surface area contributed by atoms with Gasteiger partial charge in [-0.05, 0) is 62.8 Å². The van der Waals surface area contributed by atoms with E-state index in [9.17, 15) is 13.7 Å². The maximum Gasteiger partial charge on any atom is 0.242 e. The van der Waals surface area contributed by atoms with Gasteiger partial charge in [-0.25, -0.2) is 13.1 Å². The normalized spacial score (nSPS) is 18.0. The van der Waals surface area contributed by atoms with Gasteiger partial charge in [-0.15, -0.1) is 0 Å². The first-order chi connectivity index (χ1) is 16.4. The van der Waals surface area contributed by atoms with Crippen LogP contribution in [0.25, 0.3) is 22.3 Å². The highest BCUT2D eigenvalue weighted by molar-refractivity contribution is 7.89. The summed E-state index contributed by atoms with van der Waals surface area (Å²) in [6.45, 7) is 1.91. The number of aromatic nitrogens is 2. The monoisotopic (exact) mass is 478 g/mol.